The van der Waals surface area contributed by atoms with Crippen LogP contribution in [-0.4, -0.2) is 28.8 Å². The fourth-order valence-electron chi connectivity index (χ4n) is 1.71. The zero-order valence-electron chi connectivity index (χ0n) is 10.1. The van der Waals surface area contributed by atoms with E-state index in [-0.39, 0.29) is 12.6 Å². The molecular weight excluding hydrogens is 238 g/mol. The lowest BCUT2D eigenvalue weighted by Gasteiger charge is -2.21. The van der Waals surface area contributed by atoms with E-state index in [1.807, 2.05) is 6.07 Å². The third-order valence-corrected chi connectivity index (χ3v) is 3.69. The van der Waals surface area contributed by atoms with Crippen molar-refractivity contribution < 1.29 is 15.0 Å². The molecule has 0 amide bonds. The molecule has 1 unspecified atom stereocenters. The van der Waals surface area contributed by atoms with Gasteiger partial charge in [-0.1, -0.05) is 13.8 Å². The van der Waals surface area contributed by atoms with Crippen molar-refractivity contribution in [2.24, 2.45) is 5.92 Å². The molecule has 0 saturated carbocycles. The largest absolute Gasteiger partial charge is 0.477 e. The Balaban J connectivity index is 2.59. The maximum atomic E-state index is 10.9. The fourth-order valence-corrected chi connectivity index (χ4v) is 2.47. The first-order chi connectivity index (χ1) is 8.06. The highest BCUT2D eigenvalue weighted by Gasteiger charge is 2.15. The lowest BCUT2D eigenvalue weighted by Crippen LogP contribution is -2.34. The average molecular weight is 257 g/mol. The quantitative estimate of drug-likeness (QED) is 0.698. The Morgan fingerprint density at radius 1 is 1.53 bits per heavy atom. The third-order valence-electron chi connectivity index (χ3n) is 2.74. The minimum atomic E-state index is -0.875. The number of carboxylic acid groups (broad SMARTS) is 1. The van der Waals surface area contributed by atoms with Gasteiger partial charge in [0.2, 0.25) is 0 Å². The molecule has 3 N–H and O–H groups in total. The van der Waals surface area contributed by atoms with E-state index in [0.29, 0.717) is 23.8 Å². The number of aliphatic hydroxyl groups excluding tert-OH is 1. The van der Waals surface area contributed by atoms with Crippen LogP contribution in [-0.2, 0) is 6.54 Å². The maximum Gasteiger partial charge on any atom is 0.346 e. The Hall–Kier alpha value is -0.910. The number of aromatic carboxylic acids is 1. The molecule has 96 valence electrons. The second-order valence-corrected chi connectivity index (χ2v) is 5.24. The van der Waals surface area contributed by atoms with E-state index in [1.165, 1.54) is 11.3 Å². The summed E-state index contributed by atoms with van der Waals surface area (Å²) in [6, 6.07) is 2.04. The Morgan fingerprint density at radius 2 is 2.24 bits per heavy atom. The Bertz CT molecular complexity index is 362. The summed E-state index contributed by atoms with van der Waals surface area (Å²) in [7, 11) is 0. The van der Waals surface area contributed by atoms with Crippen molar-refractivity contribution >= 4 is 17.3 Å². The van der Waals surface area contributed by atoms with E-state index >= 15 is 0 Å². The lowest BCUT2D eigenvalue weighted by atomic mass is 10.0. The number of rotatable bonds is 7. The van der Waals surface area contributed by atoms with Crippen LogP contribution in [0.5, 0.6) is 0 Å². The predicted octanol–water partition coefficient (Wildman–Crippen LogP) is 1.94. The molecule has 0 radical (unpaired) electrons. The van der Waals surface area contributed by atoms with Crippen molar-refractivity contribution in [3.05, 3.63) is 21.9 Å². The van der Waals surface area contributed by atoms with Gasteiger partial charge in [0.05, 0.1) is 0 Å². The molecule has 4 nitrogen and oxygen atoms in total. The second kappa shape index (κ2) is 6.74. The number of thiophene rings is 1. The number of hydrogen-bond acceptors (Lipinski definition) is 4. The van der Waals surface area contributed by atoms with Crippen LogP contribution in [0, 0.1) is 5.92 Å². The first kappa shape index (κ1) is 14.2. The molecule has 0 aromatic carbocycles. The second-order valence-electron chi connectivity index (χ2n) is 4.32. The Kier molecular flexibility index (Phi) is 5.61. The van der Waals surface area contributed by atoms with Crippen molar-refractivity contribution in [1.29, 1.82) is 0 Å². The summed E-state index contributed by atoms with van der Waals surface area (Å²) in [6.07, 6.45) is 0.685. The molecule has 1 heterocycles. The van der Waals surface area contributed by atoms with Gasteiger partial charge in [0.15, 0.2) is 0 Å². The SMILES string of the molecule is CC(C)C(CCO)NCc1ccsc1C(=O)O. The van der Waals surface area contributed by atoms with Crippen molar-refractivity contribution in [2.75, 3.05) is 6.61 Å². The van der Waals surface area contributed by atoms with E-state index < -0.39 is 5.97 Å². The summed E-state index contributed by atoms with van der Waals surface area (Å²) in [5.41, 5.74) is 0.811. The van der Waals surface area contributed by atoms with Gasteiger partial charge >= 0.3 is 5.97 Å². The molecule has 1 rings (SSSR count). The summed E-state index contributed by atoms with van der Waals surface area (Å²) < 4.78 is 0. The minimum absolute atomic E-state index is 0.144. The molecule has 5 heteroatoms. The van der Waals surface area contributed by atoms with Gasteiger partial charge in [0.1, 0.15) is 4.88 Å². The molecular formula is C12H19NO3S. The summed E-state index contributed by atoms with van der Waals surface area (Å²) in [5, 5.41) is 23.0. The van der Waals surface area contributed by atoms with Crippen molar-refractivity contribution in [1.82, 2.24) is 5.32 Å². The first-order valence-electron chi connectivity index (χ1n) is 5.70. The van der Waals surface area contributed by atoms with Crippen LogP contribution >= 0.6 is 11.3 Å². The van der Waals surface area contributed by atoms with E-state index in [4.69, 9.17) is 10.2 Å². The van der Waals surface area contributed by atoms with Gasteiger partial charge in [-0.05, 0) is 29.3 Å². The van der Waals surface area contributed by atoms with Gasteiger partial charge in [-0.15, -0.1) is 11.3 Å². The number of hydrogen-bond donors (Lipinski definition) is 3. The molecule has 0 aliphatic heterocycles. The standard InChI is InChI=1S/C12H19NO3S/c1-8(2)10(3-5-14)13-7-9-4-6-17-11(9)12(15)16/h4,6,8,10,13-14H,3,5,7H2,1-2H3,(H,15,16). The van der Waals surface area contributed by atoms with Crippen molar-refractivity contribution in [3.8, 4) is 0 Å². The number of aliphatic hydroxyl groups is 1. The minimum Gasteiger partial charge on any atom is -0.477 e. The summed E-state index contributed by atoms with van der Waals surface area (Å²) in [5.74, 6) is -0.464. The summed E-state index contributed by atoms with van der Waals surface area (Å²) in [6.45, 7) is 4.84. The first-order valence-corrected chi connectivity index (χ1v) is 6.58. The summed E-state index contributed by atoms with van der Waals surface area (Å²) >= 11 is 1.24. The topological polar surface area (TPSA) is 69.6 Å². The molecule has 0 spiro atoms. The highest BCUT2D eigenvalue weighted by atomic mass is 32.1. The van der Waals surface area contributed by atoms with Crippen LogP contribution in [0.25, 0.3) is 0 Å². The van der Waals surface area contributed by atoms with Gasteiger partial charge < -0.3 is 15.5 Å². The van der Waals surface area contributed by atoms with E-state index in [9.17, 15) is 4.79 Å². The molecule has 1 aromatic rings. The molecule has 1 aromatic heterocycles. The maximum absolute atomic E-state index is 10.9. The molecule has 0 aliphatic carbocycles. The highest BCUT2D eigenvalue weighted by Crippen LogP contribution is 2.17. The average Bonchev–Trinajstić information content (AvgIpc) is 2.71. The zero-order chi connectivity index (χ0) is 12.8. The van der Waals surface area contributed by atoms with Gasteiger partial charge in [-0.25, -0.2) is 4.79 Å². The van der Waals surface area contributed by atoms with Crippen molar-refractivity contribution in [2.45, 2.75) is 32.9 Å². The van der Waals surface area contributed by atoms with Gasteiger partial charge in [-0.2, -0.15) is 0 Å². The Morgan fingerprint density at radius 3 is 2.76 bits per heavy atom. The number of nitrogens with one attached hydrogen (secondary N) is 1. The highest BCUT2D eigenvalue weighted by molar-refractivity contribution is 7.12. The molecule has 0 saturated heterocycles. The van der Waals surface area contributed by atoms with Crippen LogP contribution in [0.2, 0.25) is 0 Å². The summed E-state index contributed by atoms with van der Waals surface area (Å²) in [4.78, 5) is 11.3. The smallest absolute Gasteiger partial charge is 0.346 e. The van der Waals surface area contributed by atoms with Gasteiger partial charge in [0.25, 0.3) is 0 Å². The zero-order valence-corrected chi connectivity index (χ0v) is 11.0. The van der Waals surface area contributed by atoms with Crippen LogP contribution in [0.1, 0.15) is 35.5 Å². The molecule has 1 atom stereocenters. The molecule has 17 heavy (non-hydrogen) atoms. The molecule has 0 aliphatic rings. The third kappa shape index (κ3) is 4.11. The lowest BCUT2D eigenvalue weighted by molar-refractivity contribution is 0.0701. The van der Waals surface area contributed by atoms with Crippen LogP contribution in [0.4, 0.5) is 0 Å². The normalized spacial score (nSPS) is 12.9. The monoisotopic (exact) mass is 257 g/mol. The van der Waals surface area contributed by atoms with Crippen LogP contribution in [0.3, 0.4) is 0 Å². The van der Waals surface area contributed by atoms with E-state index in [2.05, 4.69) is 19.2 Å². The predicted molar refractivity (Wildman–Crippen MR) is 68.4 cm³/mol. The van der Waals surface area contributed by atoms with Gasteiger partial charge in [-0.3, -0.25) is 0 Å². The van der Waals surface area contributed by atoms with Crippen LogP contribution < -0.4 is 5.32 Å². The molecule has 0 fully saturated rings. The Labute approximate surface area is 105 Å². The number of carboxylic acids is 1. The number of carbonyl (C=O) groups is 1. The van der Waals surface area contributed by atoms with E-state index in [0.717, 1.165) is 5.56 Å². The fraction of sp³-hybridized carbons (Fsp3) is 0.583. The van der Waals surface area contributed by atoms with Gasteiger partial charge in [0, 0.05) is 19.2 Å². The van der Waals surface area contributed by atoms with E-state index in [1.54, 1.807) is 5.38 Å². The molecule has 0 bridgehead atoms. The van der Waals surface area contributed by atoms with Crippen molar-refractivity contribution in [3.63, 3.8) is 0 Å². The van der Waals surface area contributed by atoms with Crippen LogP contribution in [0.15, 0.2) is 11.4 Å².